The molecule has 1 aliphatic heterocycles. The zero-order chi connectivity index (χ0) is 14.7. The van der Waals surface area contributed by atoms with Gasteiger partial charge in [-0.1, -0.05) is 0 Å². The van der Waals surface area contributed by atoms with Gasteiger partial charge in [-0.2, -0.15) is 0 Å². The van der Waals surface area contributed by atoms with Gasteiger partial charge in [0.05, 0.1) is 5.56 Å². The SMILES string of the molecule is CN1CCN(C)C(CNC(=O)c2cc(S)ccc2Br)C1. The Kier molecular flexibility index (Phi) is 5.49. The number of carbonyl (C=O) groups is 1. The summed E-state index contributed by atoms with van der Waals surface area (Å²) in [6.07, 6.45) is 0. The van der Waals surface area contributed by atoms with Crippen molar-refractivity contribution in [2.45, 2.75) is 10.9 Å². The zero-order valence-electron chi connectivity index (χ0n) is 11.8. The van der Waals surface area contributed by atoms with Gasteiger partial charge in [0, 0.05) is 41.6 Å². The van der Waals surface area contributed by atoms with Gasteiger partial charge in [0.2, 0.25) is 0 Å². The fourth-order valence-electron chi connectivity index (χ4n) is 2.31. The van der Waals surface area contributed by atoms with Crippen LogP contribution in [0.1, 0.15) is 10.4 Å². The number of benzene rings is 1. The Labute approximate surface area is 134 Å². The normalized spacial score (nSPS) is 20.9. The van der Waals surface area contributed by atoms with Crippen LogP contribution in [-0.4, -0.2) is 62.0 Å². The van der Waals surface area contributed by atoms with Crippen LogP contribution in [0.25, 0.3) is 0 Å². The summed E-state index contributed by atoms with van der Waals surface area (Å²) in [5.74, 6) is -0.0607. The number of nitrogens with one attached hydrogen (secondary N) is 1. The standard InChI is InChI=1S/C14H20BrN3OS/c1-17-5-6-18(2)10(9-17)8-16-14(19)12-7-11(20)3-4-13(12)15/h3-4,7,10,20H,5-6,8-9H2,1-2H3,(H,16,19). The molecule has 0 saturated carbocycles. The Bertz CT molecular complexity index is 497. The first-order valence-electron chi connectivity index (χ1n) is 6.63. The van der Waals surface area contributed by atoms with Crippen molar-refractivity contribution < 1.29 is 4.79 Å². The van der Waals surface area contributed by atoms with Gasteiger partial charge in [0.15, 0.2) is 0 Å². The fourth-order valence-corrected chi connectivity index (χ4v) is 2.95. The van der Waals surface area contributed by atoms with Crippen LogP contribution >= 0.6 is 28.6 Å². The van der Waals surface area contributed by atoms with Crippen molar-refractivity contribution in [2.24, 2.45) is 0 Å². The highest BCUT2D eigenvalue weighted by Crippen LogP contribution is 2.20. The number of thiol groups is 1. The van der Waals surface area contributed by atoms with E-state index in [0.29, 0.717) is 18.2 Å². The Hall–Kier alpha value is -0.560. The largest absolute Gasteiger partial charge is 0.350 e. The molecule has 1 amide bonds. The third kappa shape index (κ3) is 3.97. The Morgan fingerprint density at radius 1 is 1.45 bits per heavy atom. The summed E-state index contributed by atoms with van der Waals surface area (Å²) in [7, 11) is 4.22. The second-order valence-electron chi connectivity index (χ2n) is 5.27. The summed E-state index contributed by atoms with van der Waals surface area (Å²) in [6, 6.07) is 5.83. The van der Waals surface area contributed by atoms with Crippen molar-refractivity contribution in [3.8, 4) is 0 Å². The smallest absolute Gasteiger partial charge is 0.252 e. The van der Waals surface area contributed by atoms with Crippen molar-refractivity contribution in [3.63, 3.8) is 0 Å². The summed E-state index contributed by atoms with van der Waals surface area (Å²) >= 11 is 7.68. The number of likely N-dealkylation sites (N-methyl/N-ethyl adjacent to an activating group) is 2. The number of hydrogen-bond donors (Lipinski definition) is 2. The number of piperazine rings is 1. The van der Waals surface area contributed by atoms with Crippen LogP contribution < -0.4 is 5.32 Å². The van der Waals surface area contributed by atoms with Gasteiger partial charge < -0.3 is 10.2 Å². The lowest BCUT2D eigenvalue weighted by Crippen LogP contribution is -2.54. The van der Waals surface area contributed by atoms with Crippen LogP contribution in [0.2, 0.25) is 0 Å². The Morgan fingerprint density at radius 3 is 2.95 bits per heavy atom. The summed E-state index contributed by atoms with van der Waals surface area (Å²) in [5, 5.41) is 3.02. The molecule has 1 unspecified atom stereocenters. The zero-order valence-corrected chi connectivity index (χ0v) is 14.2. The van der Waals surface area contributed by atoms with Crippen LogP contribution in [0.15, 0.2) is 27.6 Å². The Morgan fingerprint density at radius 2 is 2.20 bits per heavy atom. The van der Waals surface area contributed by atoms with Crippen LogP contribution in [0.5, 0.6) is 0 Å². The number of hydrogen-bond acceptors (Lipinski definition) is 4. The van der Waals surface area contributed by atoms with Crippen LogP contribution in [-0.2, 0) is 0 Å². The molecule has 110 valence electrons. The van der Waals surface area contributed by atoms with Gasteiger partial charge in [-0.15, -0.1) is 12.6 Å². The molecule has 1 fully saturated rings. The molecule has 1 aromatic carbocycles. The van der Waals surface area contributed by atoms with E-state index in [0.717, 1.165) is 29.0 Å². The molecule has 1 aliphatic rings. The van der Waals surface area contributed by atoms with E-state index in [1.165, 1.54) is 0 Å². The van der Waals surface area contributed by atoms with Gasteiger partial charge in [-0.05, 0) is 48.2 Å². The molecular weight excluding hydrogens is 338 g/mol. The van der Waals surface area contributed by atoms with E-state index in [1.807, 2.05) is 12.1 Å². The van der Waals surface area contributed by atoms with Crippen molar-refractivity contribution in [2.75, 3.05) is 40.3 Å². The molecule has 20 heavy (non-hydrogen) atoms. The summed E-state index contributed by atoms with van der Waals surface area (Å²) in [6.45, 7) is 3.74. The second kappa shape index (κ2) is 6.93. The van der Waals surface area contributed by atoms with E-state index in [4.69, 9.17) is 0 Å². The molecule has 0 aromatic heterocycles. The molecule has 6 heteroatoms. The molecule has 4 nitrogen and oxygen atoms in total. The van der Waals surface area contributed by atoms with Crippen molar-refractivity contribution >= 4 is 34.5 Å². The van der Waals surface area contributed by atoms with Crippen LogP contribution in [0.4, 0.5) is 0 Å². The minimum atomic E-state index is -0.0607. The number of nitrogens with zero attached hydrogens (tertiary/aromatic N) is 2. The highest BCUT2D eigenvalue weighted by molar-refractivity contribution is 9.10. The fraction of sp³-hybridized carbons (Fsp3) is 0.500. The molecule has 1 N–H and O–H groups in total. The number of halogens is 1. The van der Waals surface area contributed by atoms with E-state index in [1.54, 1.807) is 6.07 Å². The quantitative estimate of drug-likeness (QED) is 0.808. The summed E-state index contributed by atoms with van der Waals surface area (Å²) in [5.41, 5.74) is 0.629. The monoisotopic (exact) mass is 357 g/mol. The molecule has 1 saturated heterocycles. The van der Waals surface area contributed by atoms with E-state index in [-0.39, 0.29) is 5.91 Å². The maximum Gasteiger partial charge on any atom is 0.252 e. The summed E-state index contributed by atoms with van der Waals surface area (Å²) < 4.78 is 0.793. The molecule has 0 aliphatic carbocycles. The van der Waals surface area contributed by atoms with Crippen molar-refractivity contribution in [1.82, 2.24) is 15.1 Å². The minimum Gasteiger partial charge on any atom is -0.350 e. The van der Waals surface area contributed by atoms with Gasteiger partial charge in [-0.3, -0.25) is 9.69 Å². The first-order chi connectivity index (χ1) is 9.47. The maximum absolute atomic E-state index is 12.2. The third-order valence-corrected chi connectivity index (χ3v) is 4.64. The number of rotatable bonds is 3. The second-order valence-corrected chi connectivity index (χ2v) is 6.64. The molecule has 1 aromatic rings. The maximum atomic E-state index is 12.2. The molecule has 0 spiro atoms. The van der Waals surface area contributed by atoms with E-state index >= 15 is 0 Å². The molecule has 2 rings (SSSR count). The molecular formula is C14H20BrN3OS. The summed E-state index contributed by atoms with van der Waals surface area (Å²) in [4.78, 5) is 17.6. The lowest BCUT2D eigenvalue weighted by molar-refractivity contribution is 0.0880. The van der Waals surface area contributed by atoms with Crippen molar-refractivity contribution in [1.29, 1.82) is 0 Å². The molecule has 1 heterocycles. The van der Waals surface area contributed by atoms with E-state index < -0.39 is 0 Å². The van der Waals surface area contributed by atoms with E-state index in [9.17, 15) is 4.79 Å². The minimum absolute atomic E-state index is 0.0607. The lowest BCUT2D eigenvalue weighted by atomic mass is 10.1. The molecule has 1 atom stereocenters. The number of amides is 1. The Balaban J connectivity index is 1.96. The lowest BCUT2D eigenvalue weighted by Gasteiger charge is -2.37. The number of carbonyl (C=O) groups excluding carboxylic acids is 1. The average molecular weight is 358 g/mol. The van der Waals surface area contributed by atoms with Crippen LogP contribution in [0, 0.1) is 0 Å². The third-order valence-electron chi connectivity index (χ3n) is 3.67. The first-order valence-corrected chi connectivity index (χ1v) is 7.87. The van der Waals surface area contributed by atoms with Gasteiger partial charge in [0.1, 0.15) is 0 Å². The van der Waals surface area contributed by atoms with Gasteiger partial charge in [0.25, 0.3) is 5.91 Å². The topological polar surface area (TPSA) is 35.6 Å². The van der Waals surface area contributed by atoms with Crippen LogP contribution in [0.3, 0.4) is 0 Å². The predicted molar refractivity (Wildman–Crippen MR) is 87.6 cm³/mol. The molecule has 0 bridgehead atoms. The van der Waals surface area contributed by atoms with Crippen molar-refractivity contribution in [3.05, 3.63) is 28.2 Å². The predicted octanol–water partition coefficient (Wildman–Crippen LogP) is 1.71. The van der Waals surface area contributed by atoms with Gasteiger partial charge >= 0.3 is 0 Å². The first kappa shape index (κ1) is 15.8. The van der Waals surface area contributed by atoms with E-state index in [2.05, 4.69) is 57.8 Å². The highest BCUT2D eigenvalue weighted by atomic mass is 79.9. The molecule has 0 radical (unpaired) electrons. The average Bonchev–Trinajstić information content (AvgIpc) is 2.42. The van der Waals surface area contributed by atoms with Gasteiger partial charge in [-0.25, -0.2) is 0 Å². The highest BCUT2D eigenvalue weighted by Gasteiger charge is 2.22.